The van der Waals surface area contributed by atoms with Crippen molar-refractivity contribution in [2.24, 2.45) is 0 Å². The van der Waals surface area contributed by atoms with Crippen LogP contribution in [0.2, 0.25) is 0 Å². The average molecular weight is 478 g/mol. The molecule has 6 nitrogen and oxygen atoms in total. The maximum Gasteiger partial charge on any atom is 0.354 e. The Morgan fingerprint density at radius 1 is 1.03 bits per heavy atom. The molecule has 0 spiro atoms. The van der Waals surface area contributed by atoms with Crippen LogP contribution in [0.15, 0.2) is 84.5 Å². The van der Waals surface area contributed by atoms with Crippen molar-refractivity contribution in [3.63, 3.8) is 0 Å². The molecule has 5 aromatic rings. The van der Waals surface area contributed by atoms with Crippen LogP contribution >= 0.6 is 11.8 Å². The Bertz CT molecular complexity index is 1700. The van der Waals surface area contributed by atoms with Gasteiger partial charge in [-0.05, 0) is 55.0 Å². The number of aromatic nitrogens is 2. The summed E-state index contributed by atoms with van der Waals surface area (Å²) >= 11 is 0.796. The third-order valence-corrected chi connectivity index (χ3v) is 6.36. The minimum absolute atomic E-state index is 0.0486. The number of hydrogen-bond donors (Lipinski definition) is 1. The van der Waals surface area contributed by atoms with Crippen LogP contribution in [0.4, 0.5) is 8.78 Å². The van der Waals surface area contributed by atoms with E-state index in [2.05, 4.69) is 4.98 Å². The highest BCUT2D eigenvalue weighted by Crippen LogP contribution is 2.37. The van der Waals surface area contributed by atoms with Crippen LogP contribution in [-0.2, 0) is 6.54 Å². The molecule has 0 atom stereocenters. The van der Waals surface area contributed by atoms with Gasteiger partial charge in [0.1, 0.15) is 27.6 Å². The Hall–Kier alpha value is -3.98. The van der Waals surface area contributed by atoms with E-state index in [1.807, 2.05) is 0 Å². The molecule has 0 unspecified atom stereocenters. The fourth-order valence-corrected chi connectivity index (χ4v) is 4.59. The summed E-state index contributed by atoms with van der Waals surface area (Å²) in [5.74, 6) is -1.48. The van der Waals surface area contributed by atoms with Crippen LogP contribution in [-0.4, -0.2) is 14.7 Å². The summed E-state index contributed by atoms with van der Waals surface area (Å²) in [5.41, 5.74) is -0.0596. The lowest BCUT2D eigenvalue weighted by Gasteiger charge is -2.14. The lowest BCUT2D eigenvalue weighted by molar-refractivity contribution is 0.446. The van der Waals surface area contributed by atoms with Gasteiger partial charge in [-0.3, -0.25) is 9.36 Å². The van der Waals surface area contributed by atoms with Gasteiger partial charge >= 0.3 is 5.63 Å². The highest BCUT2D eigenvalue weighted by molar-refractivity contribution is 7.99. The molecule has 0 saturated carbocycles. The molecule has 5 rings (SSSR count). The van der Waals surface area contributed by atoms with Crippen molar-refractivity contribution in [1.82, 2.24) is 9.55 Å². The molecule has 1 N–H and O–H groups in total. The van der Waals surface area contributed by atoms with Gasteiger partial charge in [0.2, 0.25) is 0 Å². The lowest BCUT2D eigenvalue weighted by Crippen LogP contribution is -2.23. The van der Waals surface area contributed by atoms with E-state index in [1.165, 1.54) is 34.9 Å². The molecular formula is C25H16F2N2O4S. The standard InChI is InChI=1S/C25H16F2N2O4S/c1-13-5-10-18-21-19(20(30)22(25(32)33-21)34-17-4-2-3-16(27)11-17)24(31)29(23(18)28-13)12-14-6-8-15(26)9-7-14/h2-11,30H,12H2,1H3. The molecule has 0 aliphatic heterocycles. The largest absolute Gasteiger partial charge is 0.505 e. The zero-order valence-electron chi connectivity index (χ0n) is 17.7. The number of benzene rings is 2. The highest BCUT2D eigenvalue weighted by atomic mass is 32.2. The van der Waals surface area contributed by atoms with E-state index >= 15 is 0 Å². The maximum absolute atomic E-state index is 13.6. The molecule has 0 aliphatic carbocycles. The fourth-order valence-electron chi connectivity index (χ4n) is 3.71. The predicted molar refractivity (Wildman–Crippen MR) is 124 cm³/mol. The number of aryl methyl sites for hydroxylation is 1. The van der Waals surface area contributed by atoms with Gasteiger partial charge in [0, 0.05) is 10.6 Å². The van der Waals surface area contributed by atoms with Crippen LogP contribution in [0.3, 0.4) is 0 Å². The normalized spacial score (nSPS) is 11.4. The second-order valence-electron chi connectivity index (χ2n) is 7.67. The van der Waals surface area contributed by atoms with Crippen molar-refractivity contribution < 1.29 is 18.3 Å². The lowest BCUT2D eigenvalue weighted by atomic mass is 10.1. The minimum atomic E-state index is -0.864. The number of fused-ring (bicyclic) bond motifs is 3. The molecule has 0 aliphatic rings. The van der Waals surface area contributed by atoms with Crippen LogP contribution in [0.5, 0.6) is 5.75 Å². The summed E-state index contributed by atoms with van der Waals surface area (Å²) in [6.45, 7) is 1.80. The molecule has 0 saturated heterocycles. The van der Waals surface area contributed by atoms with Gasteiger partial charge in [0.25, 0.3) is 5.56 Å². The monoisotopic (exact) mass is 478 g/mol. The average Bonchev–Trinajstić information content (AvgIpc) is 2.80. The van der Waals surface area contributed by atoms with E-state index in [-0.39, 0.29) is 28.1 Å². The first-order valence-electron chi connectivity index (χ1n) is 10.2. The topological polar surface area (TPSA) is 85.3 Å². The predicted octanol–water partition coefficient (Wildman–Crippen LogP) is 4.99. The molecule has 3 heterocycles. The van der Waals surface area contributed by atoms with Gasteiger partial charge in [-0.25, -0.2) is 18.6 Å². The van der Waals surface area contributed by atoms with E-state index in [0.717, 1.165) is 11.8 Å². The van der Waals surface area contributed by atoms with E-state index in [9.17, 15) is 23.5 Å². The minimum Gasteiger partial charge on any atom is -0.505 e. The van der Waals surface area contributed by atoms with E-state index in [1.54, 1.807) is 37.3 Å². The third-order valence-electron chi connectivity index (χ3n) is 5.30. The maximum atomic E-state index is 13.6. The summed E-state index contributed by atoms with van der Waals surface area (Å²) < 4.78 is 33.8. The Morgan fingerprint density at radius 2 is 1.79 bits per heavy atom. The van der Waals surface area contributed by atoms with E-state index < -0.39 is 28.6 Å². The van der Waals surface area contributed by atoms with Crippen molar-refractivity contribution in [2.45, 2.75) is 23.3 Å². The third kappa shape index (κ3) is 3.84. The fraction of sp³-hybridized carbons (Fsp3) is 0.0800. The first-order chi connectivity index (χ1) is 16.3. The molecule has 9 heteroatoms. The molecule has 34 heavy (non-hydrogen) atoms. The number of pyridine rings is 2. The molecule has 3 aromatic heterocycles. The Kier molecular flexibility index (Phi) is 5.41. The second-order valence-corrected chi connectivity index (χ2v) is 8.76. The van der Waals surface area contributed by atoms with E-state index in [4.69, 9.17) is 4.42 Å². The van der Waals surface area contributed by atoms with Crippen molar-refractivity contribution in [3.8, 4) is 5.75 Å². The molecular weight excluding hydrogens is 462 g/mol. The van der Waals surface area contributed by atoms with Gasteiger partial charge in [-0.1, -0.05) is 30.0 Å². The Labute approximate surface area is 195 Å². The molecule has 0 radical (unpaired) electrons. The van der Waals surface area contributed by atoms with Crippen LogP contribution in [0.25, 0.3) is 22.0 Å². The number of hydrogen-bond acceptors (Lipinski definition) is 6. The molecule has 0 bridgehead atoms. The zero-order valence-corrected chi connectivity index (χ0v) is 18.5. The van der Waals surface area contributed by atoms with Crippen molar-refractivity contribution >= 4 is 33.8 Å². The summed E-state index contributed by atoms with van der Waals surface area (Å²) in [7, 11) is 0. The molecule has 2 aromatic carbocycles. The van der Waals surface area contributed by atoms with Crippen LogP contribution < -0.4 is 11.2 Å². The van der Waals surface area contributed by atoms with Crippen molar-refractivity contribution in [3.05, 3.63) is 104 Å². The van der Waals surface area contributed by atoms with E-state index in [0.29, 0.717) is 21.5 Å². The Balaban J connectivity index is 1.79. The summed E-state index contributed by atoms with van der Waals surface area (Å²) in [6.07, 6.45) is 0. The number of halogens is 2. The molecule has 0 fully saturated rings. The summed E-state index contributed by atoms with van der Waals surface area (Å²) in [4.78, 5) is 30.9. The van der Waals surface area contributed by atoms with Crippen molar-refractivity contribution in [2.75, 3.05) is 0 Å². The number of aromatic hydroxyl groups is 1. The summed E-state index contributed by atoms with van der Waals surface area (Å²) in [5, 5.41) is 11.2. The van der Waals surface area contributed by atoms with Crippen molar-refractivity contribution in [1.29, 1.82) is 0 Å². The molecule has 0 amide bonds. The SMILES string of the molecule is Cc1ccc2c3oc(=O)c(Sc4cccc(F)c4)c(O)c3c(=O)n(Cc3ccc(F)cc3)c2n1. The first-order valence-corrected chi connectivity index (χ1v) is 11.0. The van der Waals surface area contributed by atoms with Crippen LogP contribution in [0, 0.1) is 18.6 Å². The molecule has 170 valence electrons. The zero-order chi connectivity index (χ0) is 24.0. The highest BCUT2D eigenvalue weighted by Gasteiger charge is 2.23. The van der Waals surface area contributed by atoms with Gasteiger partial charge in [0.05, 0.1) is 11.9 Å². The second kappa shape index (κ2) is 8.42. The van der Waals surface area contributed by atoms with Crippen LogP contribution in [0.1, 0.15) is 11.3 Å². The van der Waals surface area contributed by atoms with Gasteiger partial charge in [-0.15, -0.1) is 0 Å². The quantitative estimate of drug-likeness (QED) is 0.366. The van der Waals surface area contributed by atoms with Gasteiger partial charge in [-0.2, -0.15) is 0 Å². The summed E-state index contributed by atoms with van der Waals surface area (Å²) in [6, 6.07) is 14.5. The first kappa shape index (κ1) is 21.8. The number of rotatable bonds is 4. The van der Waals surface area contributed by atoms with Gasteiger partial charge in [0.15, 0.2) is 11.3 Å². The Morgan fingerprint density at radius 3 is 2.53 bits per heavy atom. The smallest absolute Gasteiger partial charge is 0.354 e. The number of nitrogens with zero attached hydrogens (tertiary/aromatic N) is 2. The van der Waals surface area contributed by atoms with Gasteiger partial charge < -0.3 is 9.52 Å².